The Morgan fingerprint density at radius 1 is 1.30 bits per heavy atom. The van der Waals surface area contributed by atoms with Crippen LogP contribution in [0.15, 0.2) is 24.3 Å². The molecule has 2 rings (SSSR count). The van der Waals surface area contributed by atoms with E-state index in [1.54, 1.807) is 0 Å². The fourth-order valence-corrected chi connectivity index (χ4v) is 2.49. The van der Waals surface area contributed by atoms with Crippen molar-refractivity contribution in [3.8, 4) is 0 Å². The zero-order valence-electron chi connectivity index (χ0n) is 10.8. The van der Waals surface area contributed by atoms with Crippen LogP contribution in [-0.2, 0) is 6.18 Å². The van der Waals surface area contributed by atoms with Gasteiger partial charge in [0.25, 0.3) is 5.91 Å². The molecule has 1 amide bonds. The van der Waals surface area contributed by atoms with Crippen LogP contribution in [0.3, 0.4) is 0 Å². The standard InChI is InChI=1S/C14H15ClF3NO/c15-8-9-19(10-4-3-5-10)13(20)11-6-1-2-7-12(11)14(16,17)18/h1-2,6-7,10H,3-5,8-9H2. The third kappa shape index (κ3) is 3.08. The maximum Gasteiger partial charge on any atom is 0.417 e. The highest BCUT2D eigenvalue weighted by molar-refractivity contribution is 6.18. The first-order valence-corrected chi connectivity index (χ1v) is 7.01. The van der Waals surface area contributed by atoms with E-state index in [1.165, 1.54) is 23.1 Å². The lowest BCUT2D eigenvalue weighted by molar-refractivity contribution is -0.138. The Kier molecular flexibility index (Phi) is 4.58. The van der Waals surface area contributed by atoms with Gasteiger partial charge in [-0.3, -0.25) is 4.79 Å². The zero-order valence-corrected chi connectivity index (χ0v) is 11.5. The van der Waals surface area contributed by atoms with Gasteiger partial charge in [0.05, 0.1) is 11.1 Å². The molecule has 20 heavy (non-hydrogen) atoms. The van der Waals surface area contributed by atoms with Crippen LogP contribution in [-0.4, -0.2) is 29.3 Å². The van der Waals surface area contributed by atoms with E-state index < -0.39 is 17.6 Å². The Morgan fingerprint density at radius 2 is 1.95 bits per heavy atom. The monoisotopic (exact) mass is 305 g/mol. The Bertz CT molecular complexity index is 486. The number of carbonyl (C=O) groups excluding carboxylic acids is 1. The third-order valence-electron chi connectivity index (χ3n) is 3.56. The molecule has 0 heterocycles. The molecular formula is C14H15ClF3NO. The molecule has 1 fully saturated rings. The van der Waals surface area contributed by atoms with Gasteiger partial charge in [-0.1, -0.05) is 12.1 Å². The minimum atomic E-state index is -4.53. The van der Waals surface area contributed by atoms with Gasteiger partial charge in [0.15, 0.2) is 0 Å². The third-order valence-corrected chi connectivity index (χ3v) is 3.73. The second-order valence-corrected chi connectivity index (χ2v) is 5.19. The van der Waals surface area contributed by atoms with Gasteiger partial charge in [0.1, 0.15) is 0 Å². The van der Waals surface area contributed by atoms with E-state index in [2.05, 4.69) is 0 Å². The van der Waals surface area contributed by atoms with Crippen LogP contribution in [0.5, 0.6) is 0 Å². The van der Waals surface area contributed by atoms with Crippen LogP contribution in [0.2, 0.25) is 0 Å². The Hall–Kier alpha value is -1.23. The molecule has 0 bridgehead atoms. The molecular weight excluding hydrogens is 291 g/mol. The van der Waals surface area contributed by atoms with Gasteiger partial charge in [-0.2, -0.15) is 13.2 Å². The highest BCUT2D eigenvalue weighted by Gasteiger charge is 2.37. The minimum absolute atomic E-state index is 0.0162. The van der Waals surface area contributed by atoms with Crippen molar-refractivity contribution in [1.82, 2.24) is 4.90 Å². The average molecular weight is 306 g/mol. The second-order valence-electron chi connectivity index (χ2n) is 4.82. The SMILES string of the molecule is O=C(c1ccccc1C(F)(F)F)N(CCCl)C1CCC1. The molecule has 0 N–H and O–H groups in total. The first-order valence-electron chi connectivity index (χ1n) is 6.48. The molecule has 0 aliphatic heterocycles. The van der Waals surface area contributed by atoms with Gasteiger partial charge in [0.2, 0.25) is 0 Å². The summed E-state index contributed by atoms with van der Waals surface area (Å²) in [4.78, 5) is 13.9. The van der Waals surface area contributed by atoms with Gasteiger partial charge in [-0.05, 0) is 31.4 Å². The number of hydrogen-bond acceptors (Lipinski definition) is 1. The lowest BCUT2D eigenvalue weighted by atomic mass is 9.90. The summed E-state index contributed by atoms with van der Waals surface area (Å²) in [5, 5.41) is 0. The van der Waals surface area contributed by atoms with Gasteiger partial charge in [-0.25, -0.2) is 0 Å². The predicted molar refractivity (Wildman–Crippen MR) is 70.8 cm³/mol. The van der Waals surface area contributed by atoms with Gasteiger partial charge >= 0.3 is 6.18 Å². The average Bonchev–Trinajstić information content (AvgIpc) is 2.34. The Morgan fingerprint density at radius 3 is 2.45 bits per heavy atom. The molecule has 0 unspecified atom stereocenters. The largest absolute Gasteiger partial charge is 0.417 e. The Labute approximate surface area is 120 Å². The quantitative estimate of drug-likeness (QED) is 0.772. The Balaban J connectivity index is 2.31. The molecule has 6 heteroatoms. The van der Waals surface area contributed by atoms with Crippen molar-refractivity contribution in [2.24, 2.45) is 0 Å². The minimum Gasteiger partial charge on any atom is -0.334 e. The number of nitrogens with zero attached hydrogens (tertiary/aromatic N) is 1. The maximum atomic E-state index is 13.0. The molecule has 0 aromatic heterocycles. The predicted octanol–water partition coefficient (Wildman–Crippen LogP) is 3.94. The molecule has 110 valence electrons. The molecule has 1 aromatic carbocycles. The van der Waals surface area contributed by atoms with Gasteiger partial charge in [-0.15, -0.1) is 11.6 Å². The number of benzene rings is 1. The molecule has 0 radical (unpaired) electrons. The number of amides is 1. The number of alkyl halides is 4. The topological polar surface area (TPSA) is 20.3 Å². The van der Waals surface area contributed by atoms with Crippen LogP contribution >= 0.6 is 11.6 Å². The summed E-state index contributed by atoms with van der Waals surface area (Å²) < 4.78 is 38.9. The molecule has 1 aromatic rings. The summed E-state index contributed by atoms with van der Waals surface area (Å²) in [6.45, 7) is 0.275. The molecule has 2 nitrogen and oxygen atoms in total. The zero-order chi connectivity index (χ0) is 14.8. The normalized spacial score (nSPS) is 15.8. The summed E-state index contributed by atoms with van der Waals surface area (Å²) in [5.74, 6) is -0.362. The van der Waals surface area contributed by atoms with E-state index in [1.807, 2.05) is 0 Å². The van der Waals surface area contributed by atoms with E-state index in [-0.39, 0.29) is 24.0 Å². The second kappa shape index (κ2) is 6.04. The number of hydrogen-bond donors (Lipinski definition) is 0. The van der Waals surface area contributed by atoms with Crippen LogP contribution in [0.4, 0.5) is 13.2 Å². The van der Waals surface area contributed by atoms with Crippen LogP contribution in [0.1, 0.15) is 35.2 Å². The van der Waals surface area contributed by atoms with E-state index >= 15 is 0 Å². The first kappa shape index (κ1) is 15.2. The first-order chi connectivity index (χ1) is 9.45. The number of rotatable bonds is 4. The van der Waals surface area contributed by atoms with E-state index in [4.69, 9.17) is 11.6 Å². The summed E-state index contributed by atoms with van der Waals surface area (Å²) in [6.07, 6.45) is -1.87. The maximum absolute atomic E-state index is 13.0. The van der Waals surface area contributed by atoms with Crippen molar-refractivity contribution in [3.63, 3.8) is 0 Å². The summed E-state index contributed by atoms with van der Waals surface area (Å²) in [5.41, 5.74) is -1.18. The van der Waals surface area contributed by atoms with Crippen molar-refractivity contribution in [3.05, 3.63) is 35.4 Å². The highest BCUT2D eigenvalue weighted by atomic mass is 35.5. The lowest BCUT2D eigenvalue weighted by Gasteiger charge is -2.37. The van der Waals surface area contributed by atoms with Crippen molar-refractivity contribution in [2.75, 3.05) is 12.4 Å². The molecule has 0 saturated heterocycles. The highest BCUT2D eigenvalue weighted by Crippen LogP contribution is 2.34. The number of halogens is 4. The molecule has 1 saturated carbocycles. The lowest BCUT2D eigenvalue weighted by Crippen LogP contribution is -2.45. The van der Waals surface area contributed by atoms with Gasteiger partial charge in [0, 0.05) is 18.5 Å². The smallest absolute Gasteiger partial charge is 0.334 e. The van der Waals surface area contributed by atoms with Crippen LogP contribution < -0.4 is 0 Å². The fourth-order valence-electron chi connectivity index (χ4n) is 2.31. The summed E-state index contributed by atoms with van der Waals surface area (Å²) in [7, 11) is 0. The van der Waals surface area contributed by atoms with Gasteiger partial charge < -0.3 is 4.90 Å². The van der Waals surface area contributed by atoms with E-state index in [9.17, 15) is 18.0 Å². The number of carbonyl (C=O) groups is 1. The summed E-state index contributed by atoms with van der Waals surface area (Å²) >= 11 is 5.67. The van der Waals surface area contributed by atoms with E-state index in [0.29, 0.717) is 0 Å². The fraction of sp³-hybridized carbons (Fsp3) is 0.500. The van der Waals surface area contributed by atoms with Crippen LogP contribution in [0.25, 0.3) is 0 Å². The van der Waals surface area contributed by atoms with Crippen molar-refractivity contribution < 1.29 is 18.0 Å². The van der Waals surface area contributed by atoms with Crippen molar-refractivity contribution in [1.29, 1.82) is 0 Å². The molecule has 0 spiro atoms. The van der Waals surface area contributed by atoms with E-state index in [0.717, 1.165) is 25.3 Å². The van der Waals surface area contributed by atoms with Crippen molar-refractivity contribution >= 4 is 17.5 Å². The summed E-state index contributed by atoms with van der Waals surface area (Å²) in [6, 6.07) is 4.91. The molecule has 1 aliphatic carbocycles. The molecule has 1 aliphatic rings. The molecule has 0 atom stereocenters. The van der Waals surface area contributed by atoms with Crippen molar-refractivity contribution in [2.45, 2.75) is 31.5 Å². The van der Waals surface area contributed by atoms with Crippen LogP contribution in [0, 0.1) is 0 Å².